The summed E-state index contributed by atoms with van der Waals surface area (Å²) < 4.78 is 7.66. The number of anilines is 1. The number of H-pyrrole nitrogens is 1. The van der Waals surface area contributed by atoms with Crippen molar-refractivity contribution in [3.8, 4) is 16.9 Å². The van der Waals surface area contributed by atoms with Gasteiger partial charge in [-0.05, 0) is 55.7 Å². The van der Waals surface area contributed by atoms with E-state index in [0.717, 1.165) is 70.1 Å². The molecule has 7 heteroatoms. The molecule has 2 atom stereocenters. The molecule has 4 aromatic heterocycles. The van der Waals surface area contributed by atoms with Gasteiger partial charge in [0.15, 0.2) is 5.65 Å². The van der Waals surface area contributed by atoms with Gasteiger partial charge in [0.05, 0.1) is 29.9 Å². The molecule has 0 aromatic carbocycles. The molecule has 2 unspecified atom stereocenters. The lowest BCUT2D eigenvalue weighted by Gasteiger charge is -2.19. The maximum Gasteiger partial charge on any atom is 0.178 e. The number of ether oxygens (including phenoxy) is 1. The Balaban J connectivity index is 1.37. The van der Waals surface area contributed by atoms with Gasteiger partial charge in [0.25, 0.3) is 0 Å². The lowest BCUT2D eigenvalue weighted by molar-refractivity contribution is 0.338. The van der Waals surface area contributed by atoms with Gasteiger partial charge in [0.2, 0.25) is 0 Å². The second-order valence-corrected chi connectivity index (χ2v) is 8.85. The van der Waals surface area contributed by atoms with Crippen molar-refractivity contribution >= 4 is 22.4 Å². The smallest absolute Gasteiger partial charge is 0.178 e. The third kappa shape index (κ3) is 2.75. The number of nitrogens with one attached hydrogen (secondary N) is 1. The number of nitrogens with zero attached hydrogens (tertiary/aromatic N) is 5. The molecule has 1 saturated heterocycles. The van der Waals surface area contributed by atoms with Gasteiger partial charge >= 0.3 is 0 Å². The van der Waals surface area contributed by atoms with Crippen LogP contribution in [0.25, 0.3) is 27.7 Å². The van der Waals surface area contributed by atoms with Crippen molar-refractivity contribution in [2.45, 2.75) is 26.7 Å². The number of pyridine rings is 2. The zero-order chi connectivity index (χ0) is 20.2. The Hall–Kier alpha value is -3.09. The molecule has 2 aliphatic rings. The molecule has 5 heterocycles. The molecule has 2 fully saturated rings. The Morgan fingerprint density at radius 1 is 1.17 bits per heavy atom. The first-order valence-electron chi connectivity index (χ1n) is 10.9. The summed E-state index contributed by atoms with van der Waals surface area (Å²) in [5, 5.41) is 12.7. The van der Waals surface area contributed by atoms with Crippen molar-refractivity contribution in [1.29, 1.82) is 0 Å². The second-order valence-electron chi connectivity index (χ2n) is 8.85. The lowest BCUT2D eigenvalue weighted by atomic mass is 10.0. The molecule has 7 nitrogen and oxygen atoms in total. The van der Waals surface area contributed by atoms with E-state index >= 15 is 0 Å². The fourth-order valence-corrected chi connectivity index (χ4v) is 5.53. The predicted octanol–water partition coefficient (Wildman–Crippen LogP) is 4.15. The summed E-state index contributed by atoms with van der Waals surface area (Å²) in [4.78, 5) is 7.31. The second kappa shape index (κ2) is 6.72. The summed E-state index contributed by atoms with van der Waals surface area (Å²) in [7, 11) is 0. The van der Waals surface area contributed by atoms with Crippen molar-refractivity contribution in [3.63, 3.8) is 0 Å². The highest BCUT2D eigenvalue weighted by atomic mass is 16.5. The highest BCUT2D eigenvalue weighted by Crippen LogP contribution is 2.42. The number of fused-ring (bicyclic) bond motifs is 4. The maximum absolute atomic E-state index is 5.79. The quantitative estimate of drug-likeness (QED) is 0.555. The normalized spacial score (nSPS) is 23.5. The molecule has 1 N–H and O–H groups in total. The van der Waals surface area contributed by atoms with Crippen LogP contribution in [0.5, 0.6) is 5.75 Å². The Morgan fingerprint density at radius 3 is 2.73 bits per heavy atom. The van der Waals surface area contributed by atoms with Gasteiger partial charge in [0, 0.05) is 30.4 Å². The largest absolute Gasteiger partial charge is 0.492 e. The van der Waals surface area contributed by atoms with Crippen LogP contribution in [0.1, 0.15) is 26.7 Å². The van der Waals surface area contributed by atoms with Gasteiger partial charge in [-0.3, -0.25) is 5.10 Å². The van der Waals surface area contributed by atoms with Crippen LogP contribution in [0.2, 0.25) is 0 Å². The molecule has 0 spiro atoms. The van der Waals surface area contributed by atoms with E-state index in [1.54, 1.807) is 0 Å². The van der Waals surface area contributed by atoms with Crippen LogP contribution in [0.4, 0.5) is 5.82 Å². The Labute approximate surface area is 175 Å². The van der Waals surface area contributed by atoms with Crippen LogP contribution in [0, 0.1) is 17.8 Å². The van der Waals surface area contributed by atoms with Crippen LogP contribution in [-0.2, 0) is 0 Å². The van der Waals surface area contributed by atoms with Crippen molar-refractivity contribution in [2.75, 3.05) is 24.6 Å². The average Bonchev–Trinajstić information content (AvgIpc) is 3.47. The van der Waals surface area contributed by atoms with Crippen LogP contribution in [-0.4, -0.2) is 44.5 Å². The minimum Gasteiger partial charge on any atom is -0.492 e. The molecule has 0 radical (unpaired) electrons. The van der Waals surface area contributed by atoms with Crippen molar-refractivity contribution in [3.05, 3.63) is 36.8 Å². The third-order valence-corrected chi connectivity index (χ3v) is 6.78. The Kier molecular flexibility index (Phi) is 3.97. The average molecular weight is 403 g/mol. The van der Waals surface area contributed by atoms with Gasteiger partial charge in [0.1, 0.15) is 11.6 Å². The van der Waals surface area contributed by atoms with Gasteiger partial charge in [-0.2, -0.15) is 5.10 Å². The first kappa shape index (κ1) is 17.7. The zero-order valence-electron chi connectivity index (χ0n) is 17.4. The number of hydrogen-bond donors (Lipinski definition) is 1. The zero-order valence-corrected chi connectivity index (χ0v) is 17.4. The van der Waals surface area contributed by atoms with Gasteiger partial charge in [-0.15, -0.1) is 5.10 Å². The van der Waals surface area contributed by atoms with E-state index in [-0.39, 0.29) is 0 Å². The standard InChI is InChI=1S/C23H26N6O/c1-3-30-18-8-19(22-20-10-25-26-23(20)27-29(22)13-18)15-4-5-21(24-9-15)28-11-16-6-14(2)7-17(16)12-28/h4-5,8-10,13-14,16-17H,3,6-7,11-12H2,1-2H3,(H,26,27). The molecule has 1 saturated carbocycles. The SMILES string of the molecule is CCOc1cc(-c2ccc(N3CC4CC(C)CC4C3)nc2)c2c3cn[nH]c3nn2c1. The first-order valence-corrected chi connectivity index (χ1v) is 10.9. The van der Waals surface area contributed by atoms with Crippen molar-refractivity contribution in [1.82, 2.24) is 24.8 Å². The van der Waals surface area contributed by atoms with E-state index < -0.39 is 0 Å². The molecule has 0 amide bonds. The van der Waals surface area contributed by atoms with E-state index in [2.05, 4.69) is 45.3 Å². The minimum absolute atomic E-state index is 0.610. The fourth-order valence-electron chi connectivity index (χ4n) is 5.53. The van der Waals surface area contributed by atoms with Crippen molar-refractivity contribution in [2.24, 2.45) is 17.8 Å². The molecule has 1 aliphatic carbocycles. The molecule has 4 aromatic rings. The van der Waals surface area contributed by atoms with Gasteiger partial charge in [-0.25, -0.2) is 9.50 Å². The molecule has 154 valence electrons. The number of rotatable bonds is 4. The molecule has 30 heavy (non-hydrogen) atoms. The Bertz CT molecular complexity index is 1200. The summed E-state index contributed by atoms with van der Waals surface area (Å²) in [5.74, 6) is 4.44. The third-order valence-electron chi connectivity index (χ3n) is 6.78. The molecule has 6 rings (SSSR count). The van der Waals surface area contributed by atoms with Crippen LogP contribution >= 0.6 is 0 Å². The lowest BCUT2D eigenvalue weighted by Crippen LogP contribution is -2.22. The summed E-state index contributed by atoms with van der Waals surface area (Å²) in [6, 6.07) is 6.40. The fraction of sp³-hybridized carbons (Fsp3) is 0.435. The van der Waals surface area contributed by atoms with E-state index in [1.165, 1.54) is 12.8 Å². The number of hydrogen-bond acceptors (Lipinski definition) is 5. The molecular formula is C23H26N6O. The maximum atomic E-state index is 5.79. The van der Waals surface area contributed by atoms with E-state index in [4.69, 9.17) is 9.72 Å². The van der Waals surface area contributed by atoms with E-state index in [1.807, 2.05) is 30.0 Å². The van der Waals surface area contributed by atoms with Crippen molar-refractivity contribution < 1.29 is 4.74 Å². The Morgan fingerprint density at radius 2 is 2.00 bits per heavy atom. The highest BCUT2D eigenvalue weighted by Gasteiger charge is 2.39. The van der Waals surface area contributed by atoms with Gasteiger partial charge < -0.3 is 9.64 Å². The molecular weight excluding hydrogens is 376 g/mol. The van der Waals surface area contributed by atoms with Crippen LogP contribution < -0.4 is 9.64 Å². The number of aromatic amines is 1. The summed E-state index contributed by atoms with van der Waals surface area (Å²) in [6.07, 6.45) is 8.46. The summed E-state index contributed by atoms with van der Waals surface area (Å²) in [6.45, 7) is 7.27. The molecule has 0 bridgehead atoms. The summed E-state index contributed by atoms with van der Waals surface area (Å²) >= 11 is 0. The minimum atomic E-state index is 0.610. The number of aromatic nitrogens is 5. The highest BCUT2D eigenvalue weighted by molar-refractivity contribution is 6.00. The van der Waals surface area contributed by atoms with Crippen LogP contribution in [0.15, 0.2) is 36.8 Å². The predicted molar refractivity (Wildman–Crippen MR) is 117 cm³/mol. The summed E-state index contributed by atoms with van der Waals surface area (Å²) in [5.41, 5.74) is 3.89. The monoisotopic (exact) mass is 402 g/mol. The molecule has 1 aliphatic heterocycles. The van der Waals surface area contributed by atoms with Crippen LogP contribution in [0.3, 0.4) is 0 Å². The van der Waals surface area contributed by atoms with E-state index in [0.29, 0.717) is 6.61 Å². The van der Waals surface area contributed by atoms with E-state index in [9.17, 15) is 0 Å². The first-order chi connectivity index (χ1) is 14.7. The van der Waals surface area contributed by atoms with Gasteiger partial charge in [-0.1, -0.05) is 6.92 Å². The topological polar surface area (TPSA) is 71.3 Å².